The van der Waals surface area contributed by atoms with Crippen molar-refractivity contribution in [2.24, 2.45) is 5.92 Å². The molecular formula is C13H26N2S. The third-order valence-corrected chi connectivity index (χ3v) is 4.88. The van der Waals surface area contributed by atoms with Crippen LogP contribution in [0, 0.1) is 5.92 Å². The molecule has 1 unspecified atom stereocenters. The van der Waals surface area contributed by atoms with E-state index in [1.807, 2.05) is 0 Å². The van der Waals surface area contributed by atoms with Gasteiger partial charge in [0.05, 0.1) is 0 Å². The van der Waals surface area contributed by atoms with Crippen LogP contribution in [0.4, 0.5) is 0 Å². The molecule has 0 radical (unpaired) electrons. The van der Waals surface area contributed by atoms with E-state index in [0.29, 0.717) is 0 Å². The van der Waals surface area contributed by atoms with E-state index in [2.05, 4.69) is 35.8 Å². The molecule has 0 aromatic heterocycles. The van der Waals surface area contributed by atoms with Gasteiger partial charge in [0.1, 0.15) is 0 Å². The molecule has 0 spiro atoms. The molecule has 94 valence electrons. The summed E-state index contributed by atoms with van der Waals surface area (Å²) in [5, 5.41) is 3.70. The fourth-order valence-electron chi connectivity index (χ4n) is 2.29. The number of nitrogens with one attached hydrogen (secondary N) is 1. The summed E-state index contributed by atoms with van der Waals surface area (Å²) < 4.78 is 0. The number of nitrogens with zero attached hydrogens (tertiary/aromatic N) is 1. The maximum absolute atomic E-state index is 3.70. The smallest absolute Gasteiger partial charge is 0.0207 e. The summed E-state index contributed by atoms with van der Waals surface area (Å²) in [6.07, 6.45) is 4.32. The number of hydrogen-bond acceptors (Lipinski definition) is 3. The lowest BCUT2D eigenvalue weighted by atomic mass is 10.3. The normalized spacial score (nSPS) is 26.8. The highest BCUT2D eigenvalue weighted by Crippen LogP contribution is 2.32. The summed E-state index contributed by atoms with van der Waals surface area (Å²) in [6.45, 7) is 8.34. The molecule has 2 nitrogen and oxygen atoms in total. The van der Waals surface area contributed by atoms with E-state index in [1.165, 1.54) is 50.4 Å². The monoisotopic (exact) mass is 242 g/mol. The van der Waals surface area contributed by atoms with E-state index in [1.54, 1.807) is 0 Å². The van der Waals surface area contributed by atoms with E-state index in [-0.39, 0.29) is 0 Å². The summed E-state index contributed by atoms with van der Waals surface area (Å²) in [6, 6.07) is 1.47. The van der Waals surface area contributed by atoms with Gasteiger partial charge < -0.3 is 5.32 Å². The predicted molar refractivity (Wildman–Crippen MR) is 73.2 cm³/mol. The van der Waals surface area contributed by atoms with Crippen LogP contribution in [0.25, 0.3) is 0 Å². The summed E-state index contributed by atoms with van der Waals surface area (Å²) in [5.74, 6) is 3.78. The molecule has 1 N–H and O–H groups in total. The van der Waals surface area contributed by atoms with Gasteiger partial charge in [0.2, 0.25) is 0 Å². The van der Waals surface area contributed by atoms with Crippen LogP contribution in [0.5, 0.6) is 0 Å². The zero-order valence-corrected chi connectivity index (χ0v) is 11.6. The van der Waals surface area contributed by atoms with Crippen molar-refractivity contribution < 1.29 is 0 Å². The lowest BCUT2D eigenvalue weighted by molar-refractivity contribution is 0.268. The topological polar surface area (TPSA) is 15.3 Å². The zero-order chi connectivity index (χ0) is 11.4. The van der Waals surface area contributed by atoms with Gasteiger partial charge in [-0.2, -0.15) is 11.8 Å². The Bertz CT molecular complexity index is 204. The molecule has 0 bridgehead atoms. The molecule has 3 heteroatoms. The molecule has 0 aromatic carbocycles. The number of likely N-dealkylation sites (tertiary alicyclic amines) is 1. The molecule has 1 atom stereocenters. The van der Waals surface area contributed by atoms with E-state index in [0.717, 1.165) is 18.0 Å². The zero-order valence-electron chi connectivity index (χ0n) is 10.7. The average Bonchev–Trinajstić information content (AvgIpc) is 2.94. The standard InChI is InChI=1S/C13H26N2S/c1-11(2)15-7-5-13(9-15)14-6-8-16-10-12-3-4-12/h11-14H,3-10H2,1-2H3. The van der Waals surface area contributed by atoms with Crippen LogP contribution in [0.3, 0.4) is 0 Å². The summed E-state index contributed by atoms with van der Waals surface area (Å²) in [4.78, 5) is 2.58. The Morgan fingerprint density at radius 1 is 1.31 bits per heavy atom. The lowest BCUT2D eigenvalue weighted by Crippen LogP contribution is -2.36. The fraction of sp³-hybridized carbons (Fsp3) is 1.00. The van der Waals surface area contributed by atoms with Crippen molar-refractivity contribution in [3.05, 3.63) is 0 Å². The molecular weight excluding hydrogens is 216 g/mol. The maximum Gasteiger partial charge on any atom is 0.0207 e. The second kappa shape index (κ2) is 6.27. The van der Waals surface area contributed by atoms with Crippen LogP contribution in [-0.2, 0) is 0 Å². The summed E-state index contributed by atoms with van der Waals surface area (Å²) >= 11 is 2.14. The van der Waals surface area contributed by atoms with Crippen LogP contribution in [0.1, 0.15) is 33.1 Å². The van der Waals surface area contributed by atoms with Crippen molar-refractivity contribution in [3.63, 3.8) is 0 Å². The lowest BCUT2D eigenvalue weighted by Gasteiger charge is -2.20. The first-order valence-electron chi connectivity index (χ1n) is 6.81. The second-order valence-corrected chi connectivity index (χ2v) is 6.70. The molecule has 2 aliphatic rings. The SMILES string of the molecule is CC(C)N1CCC(NCCSCC2CC2)C1. The van der Waals surface area contributed by atoms with Crippen LogP contribution in [-0.4, -0.2) is 48.1 Å². The van der Waals surface area contributed by atoms with Crippen molar-refractivity contribution in [2.75, 3.05) is 31.1 Å². The van der Waals surface area contributed by atoms with Gasteiger partial charge in [0, 0.05) is 30.9 Å². The van der Waals surface area contributed by atoms with Crippen molar-refractivity contribution in [2.45, 2.75) is 45.2 Å². The molecule has 1 saturated carbocycles. The molecule has 2 rings (SSSR count). The third-order valence-electron chi connectivity index (χ3n) is 3.68. The number of hydrogen-bond donors (Lipinski definition) is 1. The molecule has 2 fully saturated rings. The van der Waals surface area contributed by atoms with Gasteiger partial charge >= 0.3 is 0 Å². The minimum Gasteiger partial charge on any atom is -0.312 e. The van der Waals surface area contributed by atoms with E-state index in [9.17, 15) is 0 Å². The number of thioether (sulfide) groups is 1. The minimum atomic E-state index is 0.719. The van der Waals surface area contributed by atoms with Crippen molar-refractivity contribution in [1.82, 2.24) is 10.2 Å². The van der Waals surface area contributed by atoms with Gasteiger partial charge in [-0.05, 0) is 51.3 Å². The van der Waals surface area contributed by atoms with E-state index < -0.39 is 0 Å². The van der Waals surface area contributed by atoms with Crippen molar-refractivity contribution in [1.29, 1.82) is 0 Å². The molecule has 0 aromatic rings. The van der Waals surface area contributed by atoms with Crippen LogP contribution in [0.2, 0.25) is 0 Å². The average molecular weight is 242 g/mol. The Balaban J connectivity index is 1.47. The van der Waals surface area contributed by atoms with E-state index >= 15 is 0 Å². The highest BCUT2D eigenvalue weighted by atomic mass is 32.2. The largest absolute Gasteiger partial charge is 0.312 e. The first kappa shape index (κ1) is 12.7. The minimum absolute atomic E-state index is 0.719. The van der Waals surface area contributed by atoms with Crippen molar-refractivity contribution in [3.8, 4) is 0 Å². The Labute approximate surface area is 105 Å². The van der Waals surface area contributed by atoms with Crippen LogP contribution in [0.15, 0.2) is 0 Å². The molecule has 0 amide bonds. The Kier molecular flexibility index (Phi) is 4.98. The first-order chi connectivity index (χ1) is 7.75. The van der Waals surface area contributed by atoms with Gasteiger partial charge in [-0.25, -0.2) is 0 Å². The maximum atomic E-state index is 3.70. The molecule has 1 saturated heterocycles. The Hall–Kier alpha value is 0.270. The van der Waals surface area contributed by atoms with Gasteiger partial charge in [0.15, 0.2) is 0 Å². The second-order valence-electron chi connectivity index (χ2n) is 5.55. The quantitative estimate of drug-likeness (QED) is 0.689. The number of rotatable bonds is 7. The molecule has 1 aliphatic heterocycles. The van der Waals surface area contributed by atoms with Gasteiger partial charge in [-0.1, -0.05) is 0 Å². The third kappa shape index (κ3) is 4.27. The Morgan fingerprint density at radius 3 is 2.75 bits per heavy atom. The van der Waals surface area contributed by atoms with Crippen molar-refractivity contribution >= 4 is 11.8 Å². The van der Waals surface area contributed by atoms with Gasteiger partial charge in [-0.15, -0.1) is 0 Å². The van der Waals surface area contributed by atoms with E-state index in [4.69, 9.17) is 0 Å². The summed E-state index contributed by atoms with van der Waals surface area (Å²) in [7, 11) is 0. The Morgan fingerprint density at radius 2 is 2.12 bits per heavy atom. The fourth-order valence-corrected chi connectivity index (χ4v) is 3.39. The molecule has 16 heavy (non-hydrogen) atoms. The highest BCUT2D eigenvalue weighted by Gasteiger charge is 2.23. The van der Waals surface area contributed by atoms with Gasteiger partial charge in [-0.3, -0.25) is 4.90 Å². The first-order valence-corrected chi connectivity index (χ1v) is 7.96. The predicted octanol–water partition coefficient (Wildman–Crippen LogP) is 2.20. The molecule has 1 aliphatic carbocycles. The van der Waals surface area contributed by atoms with Gasteiger partial charge in [0.25, 0.3) is 0 Å². The van der Waals surface area contributed by atoms with Crippen LogP contribution >= 0.6 is 11.8 Å². The highest BCUT2D eigenvalue weighted by molar-refractivity contribution is 7.99. The summed E-state index contributed by atoms with van der Waals surface area (Å²) in [5.41, 5.74) is 0. The molecule has 1 heterocycles. The van der Waals surface area contributed by atoms with Crippen LogP contribution < -0.4 is 5.32 Å².